The third-order valence-corrected chi connectivity index (χ3v) is 8.12. The maximum Gasteiger partial charge on any atom is 0.334 e. The summed E-state index contributed by atoms with van der Waals surface area (Å²) >= 11 is 3.60. The summed E-state index contributed by atoms with van der Waals surface area (Å²) in [6.45, 7) is 13.0. The van der Waals surface area contributed by atoms with Gasteiger partial charge in [-0.15, -0.1) is 0 Å². The Hall–Kier alpha value is -0.570. The first-order valence-electron chi connectivity index (χ1n) is 9.41. The summed E-state index contributed by atoms with van der Waals surface area (Å²) in [6, 6.07) is 0. The normalized spacial score (nSPS) is 41.4. The first-order valence-corrected chi connectivity index (χ1v) is 10.3. The minimum atomic E-state index is -0.238. The van der Waals surface area contributed by atoms with Gasteiger partial charge in [0.15, 0.2) is 0 Å². The number of hydrogen-bond donors (Lipinski definition) is 0. The van der Waals surface area contributed by atoms with E-state index in [1.165, 1.54) is 32.1 Å². The molecule has 2 nitrogen and oxygen atoms in total. The van der Waals surface area contributed by atoms with Gasteiger partial charge in [0, 0.05) is 11.0 Å². The van der Waals surface area contributed by atoms with Crippen LogP contribution in [-0.2, 0) is 9.53 Å². The number of ether oxygens (including phenoxy) is 1. The summed E-state index contributed by atoms with van der Waals surface area (Å²) in [4.78, 5) is 14.1. The van der Waals surface area contributed by atoms with Crippen molar-refractivity contribution in [3.05, 3.63) is 22.7 Å². The third kappa shape index (κ3) is 2.71. The molecule has 0 bridgehead atoms. The van der Waals surface area contributed by atoms with Crippen LogP contribution in [0.25, 0.3) is 0 Å². The Morgan fingerprint density at radius 1 is 1.38 bits per heavy atom. The van der Waals surface area contributed by atoms with Gasteiger partial charge in [0.2, 0.25) is 0 Å². The lowest BCUT2D eigenvalue weighted by molar-refractivity contribution is -0.140. The zero-order chi connectivity index (χ0) is 17.7. The van der Waals surface area contributed by atoms with Crippen molar-refractivity contribution in [2.75, 3.05) is 0 Å². The lowest BCUT2D eigenvalue weighted by atomic mass is 9.60. The van der Waals surface area contributed by atoms with Gasteiger partial charge < -0.3 is 4.74 Å². The van der Waals surface area contributed by atoms with Crippen molar-refractivity contribution in [1.29, 1.82) is 0 Å². The molecular weight excluding hydrogens is 364 g/mol. The molecule has 0 aromatic heterocycles. The van der Waals surface area contributed by atoms with Crippen LogP contribution >= 0.6 is 15.9 Å². The summed E-state index contributed by atoms with van der Waals surface area (Å²) < 4.78 is 5.67. The summed E-state index contributed by atoms with van der Waals surface area (Å²) in [5, 5.41) is 0. The fraction of sp³-hybridized carbons (Fsp3) is 0.762. The predicted octanol–water partition coefficient (Wildman–Crippen LogP) is 6.02. The van der Waals surface area contributed by atoms with Gasteiger partial charge in [-0.05, 0) is 66.7 Å². The summed E-state index contributed by atoms with van der Waals surface area (Å²) in [5.74, 6) is 1.81. The Morgan fingerprint density at radius 3 is 2.67 bits per heavy atom. The Morgan fingerprint density at radius 2 is 2.08 bits per heavy atom. The van der Waals surface area contributed by atoms with Gasteiger partial charge in [0.25, 0.3) is 0 Å². The Kier molecular flexibility index (Phi) is 4.79. The van der Waals surface area contributed by atoms with Crippen LogP contribution in [0.4, 0.5) is 0 Å². The van der Waals surface area contributed by atoms with E-state index in [4.69, 9.17) is 4.74 Å². The number of fused-ring (bicyclic) bond motifs is 1. The highest BCUT2D eigenvalue weighted by Gasteiger charge is 2.52. The Labute approximate surface area is 155 Å². The number of halogens is 1. The van der Waals surface area contributed by atoms with Crippen molar-refractivity contribution in [2.45, 2.75) is 72.3 Å². The molecule has 134 valence electrons. The maximum absolute atomic E-state index is 11.9. The molecule has 3 aliphatic rings. The minimum absolute atomic E-state index is 0.0232. The summed E-state index contributed by atoms with van der Waals surface area (Å²) in [6.07, 6.45) is 7.42. The van der Waals surface area contributed by atoms with Crippen molar-refractivity contribution in [3.8, 4) is 0 Å². The van der Waals surface area contributed by atoms with Crippen LogP contribution in [0.3, 0.4) is 0 Å². The van der Waals surface area contributed by atoms with Gasteiger partial charge in [-0.3, -0.25) is 0 Å². The smallest absolute Gasteiger partial charge is 0.334 e. The number of hydrogen-bond acceptors (Lipinski definition) is 2. The quantitative estimate of drug-likeness (QED) is 0.432. The van der Waals surface area contributed by atoms with Gasteiger partial charge in [-0.25, -0.2) is 4.79 Å². The molecule has 3 fully saturated rings. The van der Waals surface area contributed by atoms with Crippen molar-refractivity contribution in [2.24, 2.45) is 28.6 Å². The molecule has 2 aliphatic carbocycles. The zero-order valence-corrected chi connectivity index (χ0v) is 17.1. The largest absolute Gasteiger partial charge is 0.458 e. The molecule has 0 N–H and O–H groups in total. The Bertz CT molecular complexity index is 576. The molecule has 3 rings (SSSR count). The van der Waals surface area contributed by atoms with Crippen LogP contribution in [0.1, 0.15) is 66.2 Å². The monoisotopic (exact) mass is 394 g/mol. The molecule has 0 amide bonds. The van der Waals surface area contributed by atoms with Crippen LogP contribution in [0.2, 0.25) is 0 Å². The van der Waals surface area contributed by atoms with E-state index in [1.54, 1.807) is 5.57 Å². The van der Waals surface area contributed by atoms with Crippen LogP contribution in [0.15, 0.2) is 22.7 Å². The number of allylic oxidation sites excluding steroid dienone is 1. The van der Waals surface area contributed by atoms with Crippen LogP contribution < -0.4 is 0 Å². The summed E-state index contributed by atoms with van der Waals surface area (Å²) in [5.41, 5.74) is 2.41. The van der Waals surface area contributed by atoms with Crippen molar-refractivity contribution in [1.82, 2.24) is 0 Å². The molecule has 2 saturated carbocycles. The number of cyclic esters (lactones) is 1. The highest BCUT2D eigenvalue weighted by molar-refractivity contribution is 9.11. The van der Waals surface area contributed by atoms with E-state index in [0.29, 0.717) is 22.8 Å². The van der Waals surface area contributed by atoms with E-state index in [1.807, 2.05) is 0 Å². The molecule has 1 aliphatic heterocycles. The second-order valence-electron chi connectivity index (χ2n) is 9.09. The minimum Gasteiger partial charge on any atom is -0.458 e. The second kappa shape index (κ2) is 6.30. The highest BCUT2D eigenvalue weighted by Crippen LogP contribution is 2.60. The Balaban J connectivity index is 1.75. The molecule has 1 heterocycles. The number of carbonyl (C=O) groups is 1. The average molecular weight is 395 g/mol. The SMILES string of the molecule is C=C1C(=O)O[C@@H](C[C@@H](C)[C@H]2CC[C@H]3/C(=C/Br)CCC[C@]23C)C1(C)C. The van der Waals surface area contributed by atoms with E-state index >= 15 is 0 Å². The van der Waals surface area contributed by atoms with Crippen LogP contribution in [-0.4, -0.2) is 12.1 Å². The molecule has 1 saturated heterocycles. The van der Waals surface area contributed by atoms with E-state index in [-0.39, 0.29) is 17.5 Å². The molecule has 0 aromatic carbocycles. The average Bonchev–Trinajstić information content (AvgIpc) is 2.97. The number of esters is 1. The van der Waals surface area contributed by atoms with Gasteiger partial charge >= 0.3 is 5.97 Å². The van der Waals surface area contributed by atoms with Crippen molar-refractivity contribution < 1.29 is 9.53 Å². The molecule has 5 atom stereocenters. The van der Waals surface area contributed by atoms with E-state index in [2.05, 4.69) is 55.2 Å². The predicted molar refractivity (Wildman–Crippen MR) is 102 cm³/mol. The fourth-order valence-corrected chi connectivity index (χ4v) is 6.34. The van der Waals surface area contributed by atoms with Gasteiger partial charge in [-0.1, -0.05) is 55.8 Å². The van der Waals surface area contributed by atoms with Crippen LogP contribution in [0.5, 0.6) is 0 Å². The van der Waals surface area contributed by atoms with Crippen LogP contribution in [0, 0.1) is 28.6 Å². The van der Waals surface area contributed by atoms with Gasteiger partial charge in [0.1, 0.15) is 6.10 Å². The zero-order valence-electron chi connectivity index (χ0n) is 15.5. The molecule has 0 aromatic rings. The maximum atomic E-state index is 11.9. The molecule has 3 heteroatoms. The van der Waals surface area contributed by atoms with E-state index < -0.39 is 0 Å². The highest BCUT2D eigenvalue weighted by atomic mass is 79.9. The molecule has 24 heavy (non-hydrogen) atoms. The fourth-order valence-electron chi connectivity index (χ4n) is 5.80. The first kappa shape index (κ1) is 18.2. The van der Waals surface area contributed by atoms with Gasteiger partial charge in [-0.2, -0.15) is 0 Å². The number of rotatable bonds is 3. The van der Waals surface area contributed by atoms with E-state index in [9.17, 15) is 4.79 Å². The molecule has 0 radical (unpaired) electrons. The molecule has 0 unspecified atom stereocenters. The lowest BCUT2D eigenvalue weighted by Gasteiger charge is -2.45. The van der Waals surface area contributed by atoms with Crippen molar-refractivity contribution >= 4 is 21.9 Å². The third-order valence-electron chi connectivity index (χ3n) is 7.53. The topological polar surface area (TPSA) is 26.3 Å². The first-order chi connectivity index (χ1) is 11.2. The standard InChI is InChI=1S/C21H31BrO2/c1-13(11-18-20(3,4)14(2)19(23)24-18)16-8-9-17-15(12-22)7-6-10-21(16,17)5/h12-13,16-18H,2,6-11H2,1,3-5H3/b15-12+/t13-,16-,17+,18+,21-/m1/s1. The number of carbonyl (C=O) groups excluding carboxylic acids is 1. The van der Waals surface area contributed by atoms with Crippen molar-refractivity contribution in [3.63, 3.8) is 0 Å². The molecule has 0 spiro atoms. The van der Waals surface area contributed by atoms with Gasteiger partial charge in [0.05, 0.1) is 0 Å². The van der Waals surface area contributed by atoms with E-state index in [0.717, 1.165) is 12.3 Å². The molecular formula is C21H31BrO2. The summed E-state index contributed by atoms with van der Waals surface area (Å²) in [7, 11) is 0. The second-order valence-corrected chi connectivity index (χ2v) is 9.54. The lowest BCUT2D eigenvalue weighted by Crippen LogP contribution is -2.38.